The first-order valence-electron chi connectivity index (χ1n) is 7.35. The molecule has 0 saturated heterocycles. The van der Waals surface area contributed by atoms with E-state index in [2.05, 4.69) is 42.6 Å². The Bertz CT molecular complexity index is 589. The summed E-state index contributed by atoms with van der Waals surface area (Å²) in [6.07, 6.45) is 2.34. The summed E-state index contributed by atoms with van der Waals surface area (Å²) >= 11 is 0. The van der Waals surface area contributed by atoms with Crippen LogP contribution >= 0.6 is 0 Å². The van der Waals surface area contributed by atoms with Crippen LogP contribution in [0.15, 0.2) is 42.5 Å². The summed E-state index contributed by atoms with van der Waals surface area (Å²) < 4.78 is 5.48. The lowest BCUT2D eigenvalue weighted by atomic mass is 10.0. The molecule has 3 rings (SSSR count). The number of benzene rings is 2. The van der Waals surface area contributed by atoms with Gasteiger partial charge in [-0.1, -0.05) is 23.8 Å². The molecule has 0 saturated carbocycles. The molecule has 1 atom stereocenters. The fourth-order valence-electron chi connectivity index (χ4n) is 2.89. The van der Waals surface area contributed by atoms with Crippen molar-refractivity contribution < 1.29 is 4.74 Å². The molecule has 20 heavy (non-hydrogen) atoms. The second kappa shape index (κ2) is 5.58. The minimum atomic E-state index is 0.433. The van der Waals surface area contributed by atoms with Crippen LogP contribution in [0.1, 0.15) is 36.1 Å². The minimum absolute atomic E-state index is 0.433. The summed E-state index contributed by atoms with van der Waals surface area (Å²) in [6, 6.07) is 15.5. The van der Waals surface area contributed by atoms with Gasteiger partial charge in [-0.2, -0.15) is 0 Å². The van der Waals surface area contributed by atoms with Crippen LogP contribution in [0.25, 0.3) is 0 Å². The Morgan fingerprint density at radius 1 is 1.15 bits per heavy atom. The van der Waals surface area contributed by atoms with Crippen molar-refractivity contribution in [3.05, 3.63) is 59.2 Å². The number of aryl methyl sites for hydroxylation is 2. The molecule has 1 N–H and O–H groups in total. The van der Waals surface area contributed by atoms with Gasteiger partial charge in [-0.05, 0) is 62.1 Å². The lowest BCUT2D eigenvalue weighted by Gasteiger charge is -2.16. The van der Waals surface area contributed by atoms with Crippen LogP contribution in [0, 0.1) is 6.92 Å². The summed E-state index contributed by atoms with van der Waals surface area (Å²) in [4.78, 5) is 0. The third-order valence-corrected chi connectivity index (χ3v) is 3.89. The number of ether oxygens (including phenoxy) is 1. The highest BCUT2D eigenvalue weighted by atomic mass is 16.5. The Kier molecular flexibility index (Phi) is 3.64. The summed E-state index contributed by atoms with van der Waals surface area (Å²) in [5.41, 5.74) is 5.44. The highest BCUT2D eigenvalue weighted by Gasteiger charge is 2.22. The van der Waals surface area contributed by atoms with Gasteiger partial charge in [-0.25, -0.2) is 0 Å². The van der Waals surface area contributed by atoms with Gasteiger partial charge in [0.1, 0.15) is 5.75 Å². The molecular formula is C18H21NO. The molecule has 0 spiro atoms. The molecule has 2 aromatic carbocycles. The average molecular weight is 267 g/mol. The molecule has 104 valence electrons. The monoisotopic (exact) mass is 267 g/mol. The van der Waals surface area contributed by atoms with Gasteiger partial charge in [0.05, 0.1) is 12.6 Å². The Hall–Kier alpha value is -1.96. The van der Waals surface area contributed by atoms with Crippen molar-refractivity contribution in [3.8, 4) is 5.75 Å². The zero-order chi connectivity index (χ0) is 13.9. The molecule has 0 heterocycles. The zero-order valence-electron chi connectivity index (χ0n) is 12.1. The van der Waals surface area contributed by atoms with E-state index in [4.69, 9.17) is 4.74 Å². The van der Waals surface area contributed by atoms with Crippen molar-refractivity contribution in [2.24, 2.45) is 0 Å². The van der Waals surface area contributed by atoms with Gasteiger partial charge in [0.15, 0.2) is 0 Å². The lowest BCUT2D eigenvalue weighted by Crippen LogP contribution is -2.07. The summed E-state index contributed by atoms with van der Waals surface area (Å²) in [6.45, 7) is 4.87. The van der Waals surface area contributed by atoms with Gasteiger partial charge in [0, 0.05) is 5.69 Å². The van der Waals surface area contributed by atoms with Gasteiger partial charge < -0.3 is 10.1 Å². The molecule has 0 amide bonds. The first kappa shape index (κ1) is 13.0. The number of rotatable bonds is 4. The topological polar surface area (TPSA) is 21.3 Å². The first-order chi connectivity index (χ1) is 9.76. The molecular weight excluding hydrogens is 246 g/mol. The van der Waals surface area contributed by atoms with E-state index in [1.54, 1.807) is 0 Å². The predicted molar refractivity (Wildman–Crippen MR) is 83.5 cm³/mol. The van der Waals surface area contributed by atoms with Crippen LogP contribution in [0.3, 0.4) is 0 Å². The number of hydrogen-bond acceptors (Lipinski definition) is 2. The minimum Gasteiger partial charge on any atom is -0.494 e. The van der Waals surface area contributed by atoms with Crippen molar-refractivity contribution in [2.45, 2.75) is 32.7 Å². The molecule has 2 aromatic rings. The maximum absolute atomic E-state index is 5.48. The van der Waals surface area contributed by atoms with E-state index in [0.717, 1.165) is 11.4 Å². The van der Waals surface area contributed by atoms with Gasteiger partial charge >= 0.3 is 0 Å². The SMILES string of the molecule is CCOc1ccc(NC2CCc3ccc(C)cc32)cc1. The largest absolute Gasteiger partial charge is 0.494 e. The third kappa shape index (κ3) is 2.64. The number of nitrogens with one attached hydrogen (secondary N) is 1. The molecule has 1 unspecified atom stereocenters. The van der Waals surface area contributed by atoms with Crippen LogP contribution in [0.4, 0.5) is 5.69 Å². The first-order valence-corrected chi connectivity index (χ1v) is 7.35. The van der Waals surface area contributed by atoms with Crippen molar-refractivity contribution >= 4 is 5.69 Å². The zero-order valence-corrected chi connectivity index (χ0v) is 12.1. The molecule has 0 radical (unpaired) electrons. The molecule has 0 aromatic heterocycles. The van der Waals surface area contributed by atoms with E-state index >= 15 is 0 Å². The van der Waals surface area contributed by atoms with Crippen molar-refractivity contribution in [2.75, 3.05) is 11.9 Å². The van der Waals surface area contributed by atoms with E-state index < -0.39 is 0 Å². The normalized spacial score (nSPS) is 16.8. The fourth-order valence-corrected chi connectivity index (χ4v) is 2.89. The maximum atomic E-state index is 5.48. The summed E-state index contributed by atoms with van der Waals surface area (Å²) in [5, 5.41) is 3.64. The Balaban J connectivity index is 1.75. The van der Waals surface area contributed by atoms with Gasteiger partial charge in [0.2, 0.25) is 0 Å². The van der Waals surface area contributed by atoms with Crippen molar-refractivity contribution in [3.63, 3.8) is 0 Å². The Morgan fingerprint density at radius 3 is 2.70 bits per heavy atom. The fraction of sp³-hybridized carbons (Fsp3) is 0.333. The van der Waals surface area contributed by atoms with E-state index in [0.29, 0.717) is 12.6 Å². The highest BCUT2D eigenvalue weighted by Crippen LogP contribution is 2.34. The molecule has 0 fully saturated rings. The van der Waals surface area contributed by atoms with Crippen molar-refractivity contribution in [1.82, 2.24) is 0 Å². The third-order valence-electron chi connectivity index (χ3n) is 3.89. The van der Waals surface area contributed by atoms with Crippen LogP contribution in [0.2, 0.25) is 0 Å². The smallest absolute Gasteiger partial charge is 0.119 e. The number of fused-ring (bicyclic) bond motifs is 1. The number of anilines is 1. The Morgan fingerprint density at radius 2 is 1.95 bits per heavy atom. The highest BCUT2D eigenvalue weighted by molar-refractivity contribution is 5.50. The van der Waals surface area contributed by atoms with Crippen molar-refractivity contribution in [1.29, 1.82) is 0 Å². The Labute approximate surface area is 120 Å². The van der Waals surface area contributed by atoms with E-state index in [1.165, 1.54) is 29.5 Å². The molecule has 2 nitrogen and oxygen atoms in total. The van der Waals surface area contributed by atoms with Crippen LogP contribution in [0.5, 0.6) is 5.75 Å². The second-order valence-corrected chi connectivity index (χ2v) is 5.40. The molecule has 1 aliphatic rings. The predicted octanol–water partition coefficient (Wildman–Crippen LogP) is 4.49. The maximum Gasteiger partial charge on any atom is 0.119 e. The standard InChI is InChI=1S/C18H21NO/c1-3-20-16-9-7-15(8-10-16)19-18-11-6-14-5-4-13(2)12-17(14)18/h4-5,7-10,12,18-19H,3,6,11H2,1-2H3. The summed E-state index contributed by atoms with van der Waals surface area (Å²) in [7, 11) is 0. The van der Waals surface area contributed by atoms with Gasteiger partial charge in [-0.15, -0.1) is 0 Å². The van der Waals surface area contributed by atoms with Gasteiger partial charge in [0.25, 0.3) is 0 Å². The quantitative estimate of drug-likeness (QED) is 0.881. The molecule has 2 heteroatoms. The summed E-state index contributed by atoms with van der Waals surface area (Å²) in [5.74, 6) is 0.931. The second-order valence-electron chi connectivity index (χ2n) is 5.40. The number of hydrogen-bond donors (Lipinski definition) is 1. The molecule has 0 bridgehead atoms. The van der Waals surface area contributed by atoms with E-state index in [1.807, 2.05) is 19.1 Å². The molecule has 1 aliphatic carbocycles. The average Bonchev–Trinajstić information content (AvgIpc) is 2.84. The van der Waals surface area contributed by atoms with Gasteiger partial charge in [-0.3, -0.25) is 0 Å². The van der Waals surface area contributed by atoms with Crippen LogP contribution in [-0.2, 0) is 6.42 Å². The van der Waals surface area contributed by atoms with E-state index in [9.17, 15) is 0 Å². The van der Waals surface area contributed by atoms with Crippen LogP contribution < -0.4 is 10.1 Å². The van der Waals surface area contributed by atoms with Crippen LogP contribution in [-0.4, -0.2) is 6.61 Å². The molecule has 0 aliphatic heterocycles. The van der Waals surface area contributed by atoms with E-state index in [-0.39, 0.29) is 0 Å². The lowest BCUT2D eigenvalue weighted by molar-refractivity contribution is 0.340.